The molecule has 0 bridgehead atoms. The van der Waals surface area contributed by atoms with Crippen LogP contribution in [0.4, 0.5) is 0 Å². The Morgan fingerprint density at radius 2 is 2.54 bits per heavy atom. The van der Waals surface area contributed by atoms with Crippen LogP contribution in [0.2, 0.25) is 0 Å². The lowest BCUT2D eigenvalue weighted by Crippen LogP contribution is -2.24. The van der Waals surface area contributed by atoms with E-state index in [1.165, 1.54) is 6.33 Å². The molecule has 0 unspecified atom stereocenters. The van der Waals surface area contributed by atoms with Gasteiger partial charge in [0, 0.05) is 19.4 Å². The van der Waals surface area contributed by atoms with E-state index in [0.717, 1.165) is 18.8 Å². The van der Waals surface area contributed by atoms with E-state index in [2.05, 4.69) is 20.5 Å². The number of amides is 1. The fourth-order valence-corrected chi connectivity index (χ4v) is 0.936. The highest BCUT2D eigenvalue weighted by Gasteiger charge is 2.02. The third kappa shape index (κ3) is 3.68. The zero-order valence-electron chi connectivity index (χ0n) is 7.71. The average molecular weight is 182 g/mol. The Hall–Kier alpha value is -1.39. The van der Waals surface area contributed by atoms with Crippen LogP contribution < -0.4 is 5.32 Å². The Labute approximate surface area is 76.9 Å². The largest absolute Gasteiger partial charge is 0.356 e. The highest BCUT2D eigenvalue weighted by Crippen LogP contribution is 1.92. The van der Waals surface area contributed by atoms with E-state index in [4.69, 9.17) is 0 Å². The Kier molecular flexibility index (Phi) is 3.95. The number of nitrogens with zero attached hydrogens (tertiary/aromatic N) is 2. The first kappa shape index (κ1) is 9.70. The molecule has 0 aliphatic heterocycles. The van der Waals surface area contributed by atoms with E-state index in [9.17, 15) is 4.79 Å². The van der Waals surface area contributed by atoms with Crippen LogP contribution in [-0.2, 0) is 11.2 Å². The van der Waals surface area contributed by atoms with Gasteiger partial charge in [-0.15, -0.1) is 0 Å². The number of hydrogen-bond donors (Lipinski definition) is 2. The molecule has 0 fully saturated rings. The SMILES string of the molecule is CCCNC(=O)CCc1ncn[nH]1. The van der Waals surface area contributed by atoms with Crippen molar-refractivity contribution < 1.29 is 4.79 Å². The molecule has 1 amide bonds. The molecule has 0 aromatic carbocycles. The number of rotatable bonds is 5. The quantitative estimate of drug-likeness (QED) is 0.686. The van der Waals surface area contributed by atoms with E-state index in [-0.39, 0.29) is 5.91 Å². The summed E-state index contributed by atoms with van der Waals surface area (Å²) in [6.45, 7) is 2.77. The van der Waals surface area contributed by atoms with Crippen molar-refractivity contribution in [2.45, 2.75) is 26.2 Å². The smallest absolute Gasteiger partial charge is 0.220 e. The van der Waals surface area contributed by atoms with Gasteiger partial charge in [0.25, 0.3) is 0 Å². The molecule has 2 N–H and O–H groups in total. The molecule has 13 heavy (non-hydrogen) atoms. The van der Waals surface area contributed by atoms with Crippen LogP contribution in [0.3, 0.4) is 0 Å². The van der Waals surface area contributed by atoms with Crippen LogP contribution in [0.1, 0.15) is 25.6 Å². The summed E-state index contributed by atoms with van der Waals surface area (Å²) in [5.41, 5.74) is 0. The lowest BCUT2D eigenvalue weighted by molar-refractivity contribution is -0.121. The van der Waals surface area contributed by atoms with Crippen molar-refractivity contribution in [3.8, 4) is 0 Å². The summed E-state index contributed by atoms with van der Waals surface area (Å²) >= 11 is 0. The van der Waals surface area contributed by atoms with Gasteiger partial charge in [-0.25, -0.2) is 4.98 Å². The Balaban J connectivity index is 2.15. The molecule has 5 nitrogen and oxygen atoms in total. The zero-order chi connectivity index (χ0) is 9.52. The van der Waals surface area contributed by atoms with Gasteiger partial charge in [0.1, 0.15) is 12.2 Å². The lowest BCUT2D eigenvalue weighted by atomic mass is 10.3. The average Bonchev–Trinajstić information content (AvgIpc) is 2.64. The van der Waals surface area contributed by atoms with Crippen LogP contribution in [0.5, 0.6) is 0 Å². The Morgan fingerprint density at radius 3 is 3.15 bits per heavy atom. The predicted molar refractivity (Wildman–Crippen MR) is 48.0 cm³/mol. The van der Waals surface area contributed by atoms with Crippen LogP contribution in [0.25, 0.3) is 0 Å². The van der Waals surface area contributed by atoms with Gasteiger partial charge in [-0.05, 0) is 6.42 Å². The van der Waals surface area contributed by atoms with E-state index in [0.29, 0.717) is 12.8 Å². The normalized spacial score (nSPS) is 9.92. The van der Waals surface area contributed by atoms with Crippen molar-refractivity contribution in [3.05, 3.63) is 12.2 Å². The van der Waals surface area contributed by atoms with Gasteiger partial charge >= 0.3 is 0 Å². The van der Waals surface area contributed by atoms with Gasteiger partial charge in [-0.2, -0.15) is 5.10 Å². The predicted octanol–water partition coefficient (Wildman–Crippen LogP) is 0.263. The maximum absolute atomic E-state index is 11.1. The van der Waals surface area contributed by atoms with Crippen molar-refractivity contribution in [1.29, 1.82) is 0 Å². The monoisotopic (exact) mass is 182 g/mol. The van der Waals surface area contributed by atoms with Crippen molar-refractivity contribution in [2.24, 2.45) is 0 Å². The van der Waals surface area contributed by atoms with Crippen molar-refractivity contribution >= 4 is 5.91 Å². The van der Waals surface area contributed by atoms with Gasteiger partial charge in [0.15, 0.2) is 0 Å². The minimum atomic E-state index is 0.0678. The molecule has 0 radical (unpaired) electrons. The molecule has 0 aliphatic rings. The van der Waals surface area contributed by atoms with E-state index >= 15 is 0 Å². The second-order valence-electron chi connectivity index (χ2n) is 2.78. The summed E-state index contributed by atoms with van der Waals surface area (Å²) in [4.78, 5) is 15.0. The first-order valence-electron chi connectivity index (χ1n) is 4.44. The van der Waals surface area contributed by atoms with Crippen molar-refractivity contribution in [3.63, 3.8) is 0 Å². The van der Waals surface area contributed by atoms with Gasteiger partial charge in [-0.1, -0.05) is 6.92 Å². The maximum atomic E-state index is 11.1. The van der Waals surface area contributed by atoms with Crippen molar-refractivity contribution in [1.82, 2.24) is 20.5 Å². The molecule has 0 saturated carbocycles. The molecule has 5 heteroatoms. The van der Waals surface area contributed by atoms with Crippen LogP contribution >= 0.6 is 0 Å². The maximum Gasteiger partial charge on any atom is 0.220 e. The zero-order valence-corrected chi connectivity index (χ0v) is 7.71. The summed E-state index contributed by atoms with van der Waals surface area (Å²) in [5.74, 6) is 0.824. The standard InChI is InChI=1S/C8H14N4O/c1-2-5-9-8(13)4-3-7-10-6-11-12-7/h6H,2-5H2,1H3,(H,9,13)(H,10,11,12). The Bertz CT molecular complexity index is 245. The van der Waals surface area contributed by atoms with E-state index < -0.39 is 0 Å². The third-order valence-electron chi connectivity index (χ3n) is 1.63. The van der Waals surface area contributed by atoms with Gasteiger partial charge in [-0.3, -0.25) is 9.89 Å². The number of carbonyl (C=O) groups is 1. The van der Waals surface area contributed by atoms with E-state index in [1.807, 2.05) is 6.92 Å². The third-order valence-corrected chi connectivity index (χ3v) is 1.63. The molecular formula is C8H14N4O. The highest BCUT2D eigenvalue weighted by molar-refractivity contribution is 5.75. The summed E-state index contributed by atoms with van der Waals surface area (Å²) in [6.07, 6.45) is 3.50. The summed E-state index contributed by atoms with van der Waals surface area (Å²) in [5, 5.41) is 9.20. The number of aromatic amines is 1. The summed E-state index contributed by atoms with van der Waals surface area (Å²) in [7, 11) is 0. The van der Waals surface area contributed by atoms with E-state index in [1.54, 1.807) is 0 Å². The van der Waals surface area contributed by atoms with Gasteiger partial charge in [0.2, 0.25) is 5.91 Å². The van der Waals surface area contributed by atoms with Gasteiger partial charge < -0.3 is 5.32 Å². The highest BCUT2D eigenvalue weighted by atomic mass is 16.1. The fraction of sp³-hybridized carbons (Fsp3) is 0.625. The number of hydrogen-bond acceptors (Lipinski definition) is 3. The van der Waals surface area contributed by atoms with Crippen LogP contribution in [-0.4, -0.2) is 27.6 Å². The first-order chi connectivity index (χ1) is 6.33. The molecule has 0 saturated heterocycles. The minimum absolute atomic E-state index is 0.0678. The van der Waals surface area contributed by atoms with Gasteiger partial charge in [0.05, 0.1) is 0 Å². The van der Waals surface area contributed by atoms with Crippen LogP contribution in [0.15, 0.2) is 6.33 Å². The first-order valence-corrected chi connectivity index (χ1v) is 4.44. The molecule has 0 atom stereocenters. The lowest BCUT2D eigenvalue weighted by Gasteiger charge is -2.00. The second kappa shape index (κ2) is 5.29. The molecule has 1 aromatic rings. The summed E-state index contributed by atoms with van der Waals surface area (Å²) in [6, 6.07) is 0. The molecule has 1 heterocycles. The molecule has 72 valence electrons. The molecule has 1 rings (SSSR count). The number of H-pyrrole nitrogens is 1. The molecule has 0 spiro atoms. The summed E-state index contributed by atoms with van der Waals surface area (Å²) < 4.78 is 0. The Morgan fingerprint density at radius 1 is 1.69 bits per heavy atom. The molecule has 1 aromatic heterocycles. The number of aryl methyl sites for hydroxylation is 1. The molecular weight excluding hydrogens is 168 g/mol. The number of nitrogens with one attached hydrogen (secondary N) is 2. The topological polar surface area (TPSA) is 70.7 Å². The van der Waals surface area contributed by atoms with Crippen LogP contribution in [0, 0.1) is 0 Å². The molecule has 0 aliphatic carbocycles. The van der Waals surface area contributed by atoms with Crippen molar-refractivity contribution in [2.75, 3.05) is 6.54 Å². The number of aromatic nitrogens is 3. The second-order valence-corrected chi connectivity index (χ2v) is 2.78. The fourth-order valence-electron chi connectivity index (χ4n) is 0.936. The minimum Gasteiger partial charge on any atom is -0.356 e. The number of carbonyl (C=O) groups excluding carboxylic acids is 1.